The fourth-order valence-corrected chi connectivity index (χ4v) is 1.88. The topological polar surface area (TPSA) is 51.2 Å². The van der Waals surface area contributed by atoms with Crippen molar-refractivity contribution >= 4 is 5.97 Å². The van der Waals surface area contributed by atoms with Crippen molar-refractivity contribution in [1.29, 1.82) is 0 Å². The molecule has 4 heteroatoms. The molecular formula is C16H18N2O2. The summed E-state index contributed by atoms with van der Waals surface area (Å²) in [6.45, 7) is 2.76. The number of esters is 1. The zero-order chi connectivity index (χ0) is 14.4. The number of benzene rings is 1. The number of pyridine rings is 1. The number of aromatic nitrogens is 1. The van der Waals surface area contributed by atoms with Crippen LogP contribution in [0, 0.1) is 0 Å². The molecule has 1 heterocycles. The minimum atomic E-state index is -0.366. The molecule has 2 aromatic rings. The molecule has 1 N–H and O–H groups in total. The summed E-state index contributed by atoms with van der Waals surface area (Å²) in [5.74, 6) is -0.366. The molecule has 0 aliphatic carbocycles. The third-order valence-electron chi connectivity index (χ3n) is 3.13. The smallest absolute Gasteiger partial charge is 0.339 e. The molecule has 20 heavy (non-hydrogen) atoms. The quantitative estimate of drug-likeness (QED) is 0.849. The van der Waals surface area contributed by atoms with Crippen LogP contribution in [0.3, 0.4) is 0 Å². The molecule has 0 saturated heterocycles. The largest absolute Gasteiger partial charge is 0.465 e. The Labute approximate surface area is 118 Å². The molecule has 1 aromatic heterocycles. The van der Waals surface area contributed by atoms with Gasteiger partial charge < -0.3 is 10.1 Å². The lowest BCUT2D eigenvalue weighted by Gasteiger charge is -2.13. The Hall–Kier alpha value is -2.20. The van der Waals surface area contributed by atoms with Crippen LogP contribution >= 0.6 is 0 Å². The van der Waals surface area contributed by atoms with Gasteiger partial charge in [-0.3, -0.25) is 4.98 Å². The van der Waals surface area contributed by atoms with Crippen molar-refractivity contribution in [3.05, 3.63) is 65.5 Å². The number of hydrogen-bond donors (Lipinski definition) is 1. The van der Waals surface area contributed by atoms with Gasteiger partial charge in [-0.2, -0.15) is 0 Å². The van der Waals surface area contributed by atoms with Crippen LogP contribution in [0.2, 0.25) is 0 Å². The molecular weight excluding hydrogens is 252 g/mol. The SMILES string of the molecule is COC(=O)c1ccc(CN[C@H](C)c2ccccc2)nc1. The summed E-state index contributed by atoms with van der Waals surface area (Å²) in [4.78, 5) is 15.5. The minimum absolute atomic E-state index is 0.248. The van der Waals surface area contributed by atoms with Gasteiger partial charge in [0.1, 0.15) is 0 Å². The van der Waals surface area contributed by atoms with Gasteiger partial charge in [0, 0.05) is 18.8 Å². The molecule has 0 unspecified atom stereocenters. The van der Waals surface area contributed by atoms with Crippen LogP contribution in [0.5, 0.6) is 0 Å². The monoisotopic (exact) mass is 270 g/mol. The predicted octanol–water partition coefficient (Wildman–Crippen LogP) is 2.72. The maximum Gasteiger partial charge on any atom is 0.339 e. The maximum atomic E-state index is 11.3. The average Bonchev–Trinajstić information content (AvgIpc) is 2.53. The minimum Gasteiger partial charge on any atom is -0.465 e. The molecule has 0 fully saturated rings. The van der Waals surface area contributed by atoms with Gasteiger partial charge in [-0.1, -0.05) is 30.3 Å². The van der Waals surface area contributed by atoms with Crippen LogP contribution in [0.15, 0.2) is 48.7 Å². The third kappa shape index (κ3) is 3.65. The Kier molecular flexibility index (Phi) is 4.85. The third-order valence-corrected chi connectivity index (χ3v) is 3.13. The van der Waals surface area contributed by atoms with E-state index in [0.29, 0.717) is 12.1 Å². The fraction of sp³-hybridized carbons (Fsp3) is 0.250. The van der Waals surface area contributed by atoms with Gasteiger partial charge in [-0.25, -0.2) is 4.79 Å². The van der Waals surface area contributed by atoms with Crippen molar-refractivity contribution in [1.82, 2.24) is 10.3 Å². The zero-order valence-electron chi connectivity index (χ0n) is 11.7. The van der Waals surface area contributed by atoms with Gasteiger partial charge in [0.05, 0.1) is 18.4 Å². The highest BCUT2D eigenvalue weighted by Crippen LogP contribution is 2.12. The molecule has 0 amide bonds. The first-order valence-electron chi connectivity index (χ1n) is 6.52. The van der Waals surface area contributed by atoms with Gasteiger partial charge in [-0.15, -0.1) is 0 Å². The summed E-state index contributed by atoms with van der Waals surface area (Å²) in [6.07, 6.45) is 1.54. The first-order chi connectivity index (χ1) is 9.70. The number of carbonyl (C=O) groups is 1. The van der Waals surface area contributed by atoms with E-state index in [-0.39, 0.29) is 12.0 Å². The lowest BCUT2D eigenvalue weighted by molar-refractivity contribution is 0.0600. The maximum absolute atomic E-state index is 11.3. The van der Waals surface area contributed by atoms with Crippen LogP contribution in [-0.4, -0.2) is 18.1 Å². The Bertz CT molecular complexity index is 552. The van der Waals surface area contributed by atoms with Crippen molar-refractivity contribution in [2.24, 2.45) is 0 Å². The first kappa shape index (κ1) is 14.2. The van der Waals surface area contributed by atoms with E-state index in [1.165, 1.54) is 18.9 Å². The Morgan fingerprint density at radius 2 is 2.00 bits per heavy atom. The Morgan fingerprint density at radius 1 is 1.25 bits per heavy atom. The molecule has 0 radical (unpaired) electrons. The van der Waals surface area contributed by atoms with Crippen molar-refractivity contribution in [2.45, 2.75) is 19.5 Å². The van der Waals surface area contributed by atoms with E-state index in [1.54, 1.807) is 6.07 Å². The van der Waals surface area contributed by atoms with Gasteiger partial charge in [0.15, 0.2) is 0 Å². The molecule has 0 spiro atoms. The summed E-state index contributed by atoms with van der Waals surface area (Å²) in [5, 5.41) is 3.40. The molecule has 1 atom stereocenters. The number of hydrogen-bond acceptors (Lipinski definition) is 4. The average molecular weight is 270 g/mol. The number of ether oxygens (including phenoxy) is 1. The van der Waals surface area contributed by atoms with E-state index in [1.807, 2.05) is 24.3 Å². The molecule has 104 valence electrons. The summed E-state index contributed by atoms with van der Waals surface area (Å²) in [5.41, 5.74) is 2.59. The van der Waals surface area contributed by atoms with Crippen LogP contribution in [-0.2, 0) is 11.3 Å². The van der Waals surface area contributed by atoms with Gasteiger partial charge in [0.2, 0.25) is 0 Å². The fourth-order valence-electron chi connectivity index (χ4n) is 1.88. The standard InChI is InChI=1S/C16H18N2O2/c1-12(13-6-4-3-5-7-13)17-11-15-9-8-14(10-18-15)16(19)20-2/h3-10,12,17H,11H2,1-2H3/t12-/m1/s1. The summed E-state index contributed by atoms with van der Waals surface area (Å²) in [6, 6.07) is 14.0. The Balaban J connectivity index is 1.93. The summed E-state index contributed by atoms with van der Waals surface area (Å²) < 4.78 is 4.64. The molecule has 0 aliphatic rings. The van der Waals surface area contributed by atoms with E-state index in [4.69, 9.17) is 0 Å². The van der Waals surface area contributed by atoms with Crippen molar-refractivity contribution in [3.63, 3.8) is 0 Å². The van der Waals surface area contributed by atoms with Gasteiger partial charge in [0.25, 0.3) is 0 Å². The highest BCUT2D eigenvalue weighted by atomic mass is 16.5. The Morgan fingerprint density at radius 3 is 2.60 bits per heavy atom. The number of carbonyl (C=O) groups excluding carboxylic acids is 1. The lowest BCUT2D eigenvalue weighted by atomic mass is 10.1. The van der Waals surface area contributed by atoms with E-state index in [9.17, 15) is 4.79 Å². The molecule has 0 saturated carbocycles. The predicted molar refractivity (Wildman–Crippen MR) is 77.3 cm³/mol. The normalized spacial score (nSPS) is 11.9. The van der Waals surface area contributed by atoms with E-state index >= 15 is 0 Å². The zero-order valence-corrected chi connectivity index (χ0v) is 11.7. The van der Waals surface area contributed by atoms with Crippen molar-refractivity contribution < 1.29 is 9.53 Å². The molecule has 1 aromatic carbocycles. The van der Waals surface area contributed by atoms with Gasteiger partial charge >= 0.3 is 5.97 Å². The molecule has 0 bridgehead atoms. The number of rotatable bonds is 5. The second kappa shape index (κ2) is 6.82. The first-order valence-corrected chi connectivity index (χ1v) is 6.52. The van der Waals surface area contributed by atoms with Crippen LogP contribution in [0.25, 0.3) is 0 Å². The van der Waals surface area contributed by atoms with Crippen molar-refractivity contribution in [2.75, 3.05) is 7.11 Å². The second-order valence-corrected chi connectivity index (χ2v) is 4.54. The van der Waals surface area contributed by atoms with E-state index in [2.05, 4.69) is 34.1 Å². The van der Waals surface area contributed by atoms with Crippen LogP contribution in [0.1, 0.15) is 34.6 Å². The summed E-state index contributed by atoms with van der Waals surface area (Å²) in [7, 11) is 1.36. The molecule has 2 rings (SSSR count). The highest BCUT2D eigenvalue weighted by Gasteiger charge is 2.07. The van der Waals surface area contributed by atoms with E-state index < -0.39 is 0 Å². The van der Waals surface area contributed by atoms with Crippen molar-refractivity contribution in [3.8, 4) is 0 Å². The lowest BCUT2D eigenvalue weighted by Crippen LogP contribution is -2.18. The number of nitrogens with one attached hydrogen (secondary N) is 1. The number of nitrogens with zero attached hydrogens (tertiary/aromatic N) is 1. The summed E-state index contributed by atoms with van der Waals surface area (Å²) >= 11 is 0. The number of methoxy groups -OCH3 is 1. The van der Waals surface area contributed by atoms with Gasteiger partial charge in [-0.05, 0) is 24.6 Å². The van der Waals surface area contributed by atoms with Crippen LogP contribution < -0.4 is 5.32 Å². The molecule has 0 aliphatic heterocycles. The highest BCUT2D eigenvalue weighted by molar-refractivity contribution is 5.88. The molecule has 4 nitrogen and oxygen atoms in total. The van der Waals surface area contributed by atoms with Crippen LogP contribution in [0.4, 0.5) is 0 Å². The van der Waals surface area contributed by atoms with E-state index in [0.717, 1.165) is 5.69 Å². The second-order valence-electron chi connectivity index (χ2n) is 4.54.